The average Bonchev–Trinajstić information content (AvgIpc) is 2.39. The van der Waals surface area contributed by atoms with Crippen LogP contribution in [-0.4, -0.2) is 9.46 Å². The molecule has 0 amide bonds. The second-order valence-corrected chi connectivity index (χ2v) is 6.48. The van der Waals surface area contributed by atoms with Crippen molar-refractivity contribution in [2.24, 2.45) is 5.92 Å². The van der Waals surface area contributed by atoms with Crippen molar-refractivity contribution in [3.63, 3.8) is 0 Å². The Morgan fingerprint density at radius 1 is 1.24 bits per heavy atom. The molecule has 94 valence electrons. The van der Waals surface area contributed by atoms with E-state index in [1.165, 1.54) is 12.5 Å². The topological polar surface area (TPSA) is 17.1 Å². The van der Waals surface area contributed by atoms with E-state index in [9.17, 15) is 8.60 Å². The van der Waals surface area contributed by atoms with Crippen LogP contribution in [0.1, 0.15) is 39.0 Å². The lowest BCUT2D eigenvalue weighted by molar-refractivity contribution is 0.353. The van der Waals surface area contributed by atoms with E-state index in [1.807, 2.05) is 0 Å². The van der Waals surface area contributed by atoms with E-state index in [2.05, 4.69) is 6.92 Å². The molecule has 1 unspecified atom stereocenters. The summed E-state index contributed by atoms with van der Waals surface area (Å²) in [6.45, 7) is 2.21. The van der Waals surface area contributed by atoms with Gasteiger partial charge in [0.15, 0.2) is 0 Å². The Kier molecular flexibility index (Phi) is 4.32. The van der Waals surface area contributed by atoms with Crippen molar-refractivity contribution in [2.45, 2.75) is 49.2 Å². The molecular weight excluding hydrogens is 235 g/mol. The SMILES string of the molecule is CCC1CCC(S(=O)c2ccccc2F)CC1. The smallest absolute Gasteiger partial charge is 0.139 e. The van der Waals surface area contributed by atoms with Crippen LogP contribution in [0.2, 0.25) is 0 Å². The standard InChI is InChI=1S/C14H19FOS/c1-2-11-7-9-12(10-8-11)17(16)14-6-4-3-5-13(14)15/h3-6,11-12H,2,7-10H2,1H3. The molecule has 1 aromatic rings. The second kappa shape index (κ2) is 5.76. The molecule has 0 aromatic heterocycles. The molecule has 1 saturated carbocycles. The first-order valence-corrected chi connectivity index (χ1v) is 7.58. The van der Waals surface area contributed by atoms with Gasteiger partial charge in [-0.3, -0.25) is 4.21 Å². The van der Waals surface area contributed by atoms with Crippen molar-refractivity contribution in [1.29, 1.82) is 0 Å². The van der Waals surface area contributed by atoms with Gasteiger partial charge in [0.1, 0.15) is 5.82 Å². The Labute approximate surface area is 105 Å². The summed E-state index contributed by atoms with van der Waals surface area (Å²) in [5, 5.41) is 0.148. The minimum Gasteiger partial charge on any atom is -0.254 e. The highest BCUT2D eigenvalue weighted by molar-refractivity contribution is 7.85. The van der Waals surface area contributed by atoms with Crippen LogP contribution in [0.15, 0.2) is 29.2 Å². The molecule has 3 heteroatoms. The summed E-state index contributed by atoms with van der Waals surface area (Å²) in [6.07, 6.45) is 5.43. The molecule has 2 rings (SSSR count). The predicted molar refractivity (Wildman–Crippen MR) is 68.8 cm³/mol. The molecule has 17 heavy (non-hydrogen) atoms. The van der Waals surface area contributed by atoms with Gasteiger partial charge in [-0.2, -0.15) is 0 Å². The van der Waals surface area contributed by atoms with E-state index in [0.717, 1.165) is 31.6 Å². The Morgan fingerprint density at radius 2 is 1.88 bits per heavy atom. The molecule has 0 radical (unpaired) electrons. The fourth-order valence-electron chi connectivity index (χ4n) is 2.54. The van der Waals surface area contributed by atoms with E-state index >= 15 is 0 Å². The quantitative estimate of drug-likeness (QED) is 0.799. The summed E-state index contributed by atoms with van der Waals surface area (Å²) in [5.41, 5.74) is 0. The summed E-state index contributed by atoms with van der Waals surface area (Å²) < 4.78 is 25.8. The van der Waals surface area contributed by atoms with Crippen molar-refractivity contribution in [2.75, 3.05) is 0 Å². The maximum atomic E-state index is 13.5. The highest BCUT2D eigenvalue weighted by Gasteiger charge is 2.26. The second-order valence-electron chi connectivity index (χ2n) is 4.78. The molecule has 0 aliphatic heterocycles. The van der Waals surface area contributed by atoms with E-state index < -0.39 is 10.8 Å². The fourth-order valence-corrected chi connectivity index (χ4v) is 4.07. The van der Waals surface area contributed by atoms with Crippen LogP contribution >= 0.6 is 0 Å². The third kappa shape index (κ3) is 2.95. The van der Waals surface area contributed by atoms with Gasteiger partial charge in [0.05, 0.1) is 15.7 Å². The third-order valence-corrected chi connectivity index (χ3v) is 5.57. The molecule has 1 nitrogen and oxygen atoms in total. The van der Waals surface area contributed by atoms with E-state index in [-0.39, 0.29) is 11.1 Å². The lowest BCUT2D eigenvalue weighted by atomic mass is 9.87. The van der Waals surface area contributed by atoms with Crippen molar-refractivity contribution < 1.29 is 8.60 Å². The molecule has 1 aliphatic rings. The zero-order chi connectivity index (χ0) is 12.3. The predicted octanol–water partition coefficient (Wildman–Crippen LogP) is 3.90. The van der Waals surface area contributed by atoms with Crippen molar-refractivity contribution in [3.05, 3.63) is 30.1 Å². The summed E-state index contributed by atoms with van der Waals surface area (Å²) in [4.78, 5) is 0.382. The molecule has 0 spiro atoms. The van der Waals surface area contributed by atoms with Crippen molar-refractivity contribution in [1.82, 2.24) is 0 Å². The minimum absolute atomic E-state index is 0.148. The largest absolute Gasteiger partial charge is 0.254 e. The molecule has 0 N–H and O–H groups in total. The zero-order valence-corrected chi connectivity index (χ0v) is 11.0. The summed E-state index contributed by atoms with van der Waals surface area (Å²) in [5.74, 6) is 0.451. The summed E-state index contributed by atoms with van der Waals surface area (Å²) in [7, 11) is -1.17. The normalized spacial score (nSPS) is 26.7. The van der Waals surface area contributed by atoms with Crippen LogP contribution < -0.4 is 0 Å². The van der Waals surface area contributed by atoms with Crippen LogP contribution in [-0.2, 0) is 10.8 Å². The lowest BCUT2D eigenvalue weighted by Crippen LogP contribution is -2.23. The Balaban J connectivity index is 2.04. The van der Waals surface area contributed by atoms with Gasteiger partial charge in [-0.25, -0.2) is 4.39 Å². The van der Waals surface area contributed by atoms with Crippen LogP contribution in [0.4, 0.5) is 4.39 Å². The molecule has 1 aliphatic carbocycles. The van der Waals surface area contributed by atoms with Gasteiger partial charge in [0.25, 0.3) is 0 Å². The number of halogens is 1. The number of hydrogen-bond acceptors (Lipinski definition) is 1. The van der Waals surface area contributed by atoms with Gasteiger partial charge in [-0.15, -0.1) is 0 Å². The van der Waals surface area contributed by atoms with Gasteiger partial charge in [-0.05, 0) is 43.7 Å². The molecule has 1 fully saturated rings. The van der Waals surface area contributed by atoms with Gasteiger partial charge in [0, 0.05) is 5.25 Å². The molecular formula is C14H19FOS. The Morgan fingerprint density at radius 3 is 2.47 bits per heavy atom. The first-order valence-electron chi connectivity index (χ1n) is 6.37. The summed E-state index contributed by atoms with van der Waals surface area (Å²) >= 11 is 0. The van der Waals surface area contributed by atoms with Crippen molar-refractivity contribution >= 4 is 10.8 Å². The monoisotopic (exact) mass is 254 g/mol. The third-order valence-electron chi connectivity index (χ3n) is 3.73. The Hall–Kier alpha value is -0.700. The number of benzene rings is 1. The van der Waals surface area contributed by atoms with Crippen molar-refractivity contribution in [3.8, 4) is 0 Å². The number of rotatable bonds is 3. The van der Waals surface area contributed by atoms with Gasteiger partial charge in [-0.1, -0.05) is 25.5 Å². The highest BCUT2D eigenvalue weighted by atomic mass is 32.2. The highest BCUT2D eigenvalue weighted by Crippen LogP contribution is 2.31. The van der Waals surface area contributed by atoms with Crippen LogP contribution in [0.3, 0.4) is 0 Å². The molecule has 1 aromatic carbocycles. The number of hydrogen-bond donors (Lipinski definition) is 0. The van der Waals surface area contributed by atoms with Gasteiger partial charge < -0.3 is 0 Å². The maximum Gasteiger partial charge on any atom is 0.139 e. The van der Waals surface area contributed by atoms with E-state index in [4.69, 9.17) is 0 Å². The van der Waals surface area contributed by atoms with Gasteiger partial charge >= 0.3 is 0 Å². The van der Waals surface area contributed by atoms with Gasteiger partial charge in [0.2, 0.25) is 0 Å². The first-order chi connectivity index (χ1) is 8.22. The molecule has 0 saturated heterocycles. The molecule has 0 bridgehead atoms. The van der Waals surface area contributed by atoms with Crippen LogP contribution in [0, 0.1) is 11.7 Å². The zero-order valence-electron chi connectivity index (χ0n) is 10.2. The summed E-state index contributed by atoms with van der Waals surface area (Å²) in [6, 6.07) is 6.44. The Bertz CT molecular complexity index is 397. The van der Waals surface area contributed by atoms with Crippen LogP contribution in [0.25, 0.3) is 0 Å². The molecule has 1 atom stereocenters. The first kappa shape index (κ1) is 12.7. The van der Waals surface area contributed by atoms with Crippen LogP contribution in [0.5, 0.6) is 0 Å². The lowest BCUT2D eigenvalue weighted by Gasteiger charge is -2.27. The van der Waals surface area contributed by atoms with E-state index in [0.29, 0.717) is 4.90 Å². The average molecular weight is 254 g/mol. The fraction of sp³-hybridized carbons (Fsp3) is 0.571. The van der Waals surface area contributed by atoms with E-state index in [1.54, 1.807) is 18.2 Å². The maximum absolute atomic E-state index is 13.5. The minimum atomic E-state index is -1.17. The molecule has 0 heterocycles.